The first-order chi connectivity index (χ1) is 12.9. The standard InChI is InChI=1S/C19H18ClN3O3S/c1-2-21-18-9-6-13-17(8-7-16(24)19(13)22-18)27(25,26)23-11-10-12-14(20)4-3-5-15(12)23/h3-9,24H,2,10-11H2,1H3,(H,21,22). The average Bonchev–Trinajstić information content (AvgIpc) is 3.09. The molecule has 0 saturated carbocycles. The monoisotopic (exact) mass is 403 g/mol. The van der Waals surface area contributed by atoms with Gasteiger partial charge in [0.2, 0.25) is 0 Å². The second kappa shape index (κ2) is 6.58. The summed E-state index contributed by atoms with van der Waals surface area (Å²) in [5, 5.41) is 14.2. The Morgan fingerprint density at radius 3 is 2.81 bits per heavy atom. The van der Waals surface area contributed by atoms with Crippen molar-refractivity contribution in [3.05, 3.63) is 53.1 Å². The number of phenols is 1. The molecule has 2 aromatic carbocycles. The fraction of sp³-hybridized carbons (Fsp3) is 0.211. The quantitative estimate of drug-likeness (QED) is 0.692. The Morgan fingerprint density at radius 1 is 1.22 bits per heavy atom. The van der Waals surface area contributed by atoms with Gasteiger partial charge in [-0.05, 0) is 55.3 Å². The Hall–Kier alpha value is -2.51. The zero-order valence-corrected chi connectivity index (χ0v) is 16.2. The van der Waals surface area contributed by atoms with E-state index in [1.54, 1.807) is 30.3 Å². The maximum atomic E-state index is 13.4. The highest BCUT2D eigenvalue weighted by atomic mass is 35.5. The molecule has 3 aromatic rings. The lowest BCUT2D eigenvalue weighted by atomic mass is 10.2. The van der Waals surface area contributed by atoms with E-state index in [2.05, 4.69) is 10.3 Å². The van der Waals surface area contributed by atoms with Crippen molar-refractivity contribution in [2.24, 2.45) is 0 Å². The molecule has 2 N–H and O–H groups in total. The molecule has 140 valence electrons. The summed E-state index contributed by atoms with van der Waals surface area (Å²) in [7, 11) is -3.83. The summed E-state index contributed by atoms with van der Waals surface area (Å²) in [5.41, 5.74) is 1.68. The number of hydrogen-bond donors (Lipinski definition) is 2. The van der Waals surface area contributed by atoms with Crippen LogP contribution in [0.4, 0.5) is 11.5 Å². The molecule has 0 bridgehead atoms. The Kier molecular flexibility index (Phi) is 4.36. The van der Waals surface area contributed by atoms with Crippen molar-refractivity contribution in [2.45, 2.75) is 18.2 Å². The average molecular weight is 404 g/mol. The van der Waals surface area contributed by atoms with Crippen LogP contribution in [0.25, 0.3) is 10.9 Å². The Balaban J connectivity index is 1.88. The maximum absolute atomic E-state index is 13.4. The lowest BCUT2D eigenvalue weighted by Crippen LogP contribution is -2.29. The number of nitrogens with zero attached hydrogens (tertiary/aromatic N) is 2. The number of nitrogens with one attached hydrogen (secondary N) is 1. The van der Waals surface area contributed by atoms with Gasteiger partial charge in [-0.3, -0.25) is 4.31 Å². The first-order valence-corrected chi connectivity index (χ1v) is 10.4. The van der Waals surface area contributed by atoms with E-state index in [4.69, 9.17) is 11.6 Å². The Morgan fingerprint density at radius 2 is 2.04 bits per heavy atom. The molecule has 4 rings (SSSR count). The molecule has 0 fully saturated rings. The van der Waals surface area contributed by atoms with E-state index in [9.17, 15) is 13.5 Å². The van der Waals surface area contributed by atoms with Gasteiger partial charge in [-0.1, -0.05) is 17.7 Å². The third kappa shape index (κ3) is 2.87. The van der Waals surface area contributed by atoms with Crippen molar-refractivity contribution >= 4 is 44.0 Å². The van der Waals surface area contributed by atoms with E-state index >= 15 is 0 Å². The van der Waals surface area contributed by atoms with E-state index in [-0.39, 0.29) is 16.2 Å². The van der Waals surface area contributed by atoms with Crippen LogP contribution in [0.2, 0.25) is 5.02 Å². The molecule has 0 amide bonds. The van der Waals surface area contributed by atoms with Crippen LogP contribution in [0.3, 0.4) is 0 Å². The van der Waals surface area contributed by atoms with E-state index in [0.717, 1.165) is 5.56 Å². The molecule has 1 aliphatic heterocycles. The van der Waals surface area contributed by atoms with Crippen LogP contribution in [0.15, 0.2) is 47.4 Å². The summed E-state index contributed by atoms with van der Waals surface area (Å²) in [4.78, 5) is 4.47. The van der Waals surface area contributed by atoms with E-state index in [0.29, 0.717) is 41.4 Å². The highest BCUT2D eigenvalue weighted by Crippen LogP contribution is 2.39. The summed E-state index contributed by atoms with van der Waals surface area (Å²) >= 11 is 6.22. The summed E-state index contributed by atoms with van der Waals surface area (Å²) in [6.07, 6.45) is 0.563. The molecule has 6 nitrogen and oxygen atoms in total. The summed E-state index contributed by atoms with van der Waals surface area (Å²) < 4.78 is 28.2. The maximum Gasteiger partial charge on any atom is 0.265 e. The zero-order chi connectivity index (χ0) is 19.2. The van der Waals surface area contributed by atoms with Crippen molar-refractivity contribution in [1.29, 1.82) is 0 Å². The molecule has 1 aromatic heterocycles. The number of aromatic nitrogens is 1. The topological polar surface area (TPSA) is 82.5 Å². The molecule has 0 spiro atoms. The number of benzene rings is 2. The number of halogens is 1. The zero-order valence-electron chi connectivity index (χ0n) is 14.6. The number of rotatable bonds is 4. The second-order valence-electron chi connectivity index (χ2n) is 6.27. The first-order valence-electron chi connectivity index (χ1n) is 8.60. The SMILES string of the molecule is CCNc1ccc2c(S(=O)(=O)N3CCc4c(Cl)cccc43)ccc(O)c2n1. The van der Waals surface area contributed by atoms with Gasteiger partial charge in [0.05, 0.1) is 10.6 Å². The van der Waals surface area contributed by atoms with Crippen molar-refractivity contribution < 1.29 is 13.5 Å². The van der Waals surface area contributed by atoms with Gasteiger partial charge in [0.15, 0.2) is 0 Å². The fourth-order valence-corrected chi connectivity index (χ4v) is 5.36. The minimum Gasteiger partial charge on any atom is -0.506 e. The van der Waals surface area contributed by atoms with E-state index in [1.165, 1.54) is 16.4 Å². The van der Waals surface area contributed by atoms with Gasteiger partial charge < -0.3 is 10.4 Å². The van der Waals surface area contributed by atoms with Crippen LogP contribution in [0, 0.1) is 0 Å². The molecule has 2 heterocycles. The first kappa shape index (κ1) is 17.9. The fourth-order valence-electron chi connectivity index (χ4n) is 3.41. The molecule has 8 heteroatoms. The van der Waals surface area contributed by atoms with Gasteiger partial charge in [0.25, 0.3) is 10.0 Å². The highest BCUT2D eigenvalue weighted by molar-refractivity contribution is 7.93. The van der Waals surface area contributed by atoms with Crippen LogP contribution >= 0.6 is 11.6 Å². The number of aromatic hydroxyl groups is 1. The number of pyridine rings is 1. The van der Waals surface area contributed by atoms with Crippen LogP contribution in [0.5, 0.6) is 5.75 Å². The van der Waals surface area contributed by atoms with Crippen molar-refractivity contribution in [2.75, 3.05) is 22.7 Å². The second-order valence-corrected chi connectivity index (χ2v) is 8.51. The van der Waals surface area contributed by atoms with Gasteiger partial charge in [0, 0.05) is 23.5 Å². The molecule has 1 aliphatic rings. The lowest BCUT2D eigenvalue weighted by molar-refractivity contribution is 0.480. The van der Waals surface area contributed by atoms with Gasteiger partial charge in [0.1, 0.15) is 17.1 Å². The molecule has 27 heavy (non-hydrogen) atoms. The molecule has 0 aliphatic carbocycles. The summed E-state index contributed by atoms with van der Waals surface area (Å²) in [6, 6.07) is 11.4. The number of phenolic OH excluding ortho intramolecular Hbond substituents is 1. The molecule has 0 saturated heterocycles. The Bertz CT molecular complexity index is 1150. The molecular formula is C19H18ClN3O3S. The molecule has 0 atom stereocenters. The number of anilines is 2. The molecule has 0 radical (unpaired) electrons. The smallest absolute Gasteiger partial charge is 0.265 e. The van der Waals surface area contributed by atoms with Crippen LogP contribution in [-0.2, 0) is 16.4 Å². The third-order valence-electron chi connectivity index (χ3n) is 4.65. The van der Waals surface area contributed by atoms with Gasteiger partial charge >= 0.3 is 0 Å². The van der Waals surface area contributed by atoms with E-state index < -0.39 is 10.0 Å². The Labute approximate surface area is 162 Å². The van der Waals surface area contributed by atoms with Crippen LogP contribution in [0.1, 0.15) is 12.5 Å². The highest BCUT2D eigenvalue weighted by Gasteiger charge is 2.33. The molecular weight excluding hydrogens is 386 g/mol. The number of hydrogen-bond acceptors (Lipinski definition) is 5. The number of fused-ring (bicyclic) bond motifs is 2. The molecule has 0 unspecified atom stereocenters. The minimum absolute atomic E-state index is 0.0615. The van der Waals surface area contributed by atoms with Gasteiger partial charge in [-0.2, -0.15) is 0 Å². The normalized spacial score (nSPS) is 13.8. The van der Waals surface area contributed by atoms with Gasteiger partial charge in [-0.15, -0.1) is 0 Å². The predicted molar refractivity (Wildman–Crippen MR) is 107 cm³/mol. The summed E-state index contributed by atoms with van der Waals surface area (Å²) in [6.45, 7) is 2.93. The van der Waals surface area contributed by atoms with Crippen molar-refractivity contribution in [3.63, 3.8) is 0 Å². The number of sulfonamides is 1. The third-order valence-corrected chi connectivity index (χ3v) is 6.88. The van der Waals surface area contributed by atoms with Crippen LogP contribution < -0.4 is 9.62 Å². The predicted octanol–water partition coefficient (Wildman–Crippen LogP) is 3.78. The van der Waals surface area contributed by atoms with E-state index in [1.807, 2.05) is 6.92 Å². The minimum atomic E-state index is -3.83. The van der Waals surface area contributed by atoms with Gasteiger partial charge in [-0.25, -0.2) is 13.4 Å². The van der Waals surface area contributed by atoms with Crippen molar-refractivity contribution in [3.8, 4) is 5.75 Å². The van der Waals surface area contributed by atoms with Crippen molar-refractivity contribution in [1.82, 2.24) is 4.98 Å². The largest absolute Gasteiger partial charge is 0.506 e. The summed E-state index contributed by atoms with van der Waals surface area (Å²) in [5.74, 6) is 0.515. The lowest BCUT2D eigenvalue weighted by Gasteiger charge is -2.21. The van der Waals surface area contributed by atoms with Crippen LogP contribution in [-0.4, -0.2) is 31.6 Å².